The highest BCUT2D eigenvalue weighted by Crippen LogP contribution is 2.30. The number of anilines is 2. The largest absolute Gasteiger partial charge is 0.398 e. The van der Waals surface area contributed by atoms with E-state index in [0.29, 0.717) is 16.9 Å². The third-order valence-corrected chi connectivity index (χ3v) is 6.78. The van der Waals surface area contributed by atoms with Gasteiger partial charge in [0.1, 0.15) is 0 Å². The number of nitrogens with zero attached hydrogens (tertiary/aromatic N) is 3. The minimum atomic E-state index is -4.14. The van der Waals surface area contributed by atoms with Crippen molar-refractivity contribution in [1.29, 1.82) is 0 Å². The lowest BCUT2D eigenvalue weighted by molar-refractivity contribution is -0.387. The molecule has 0 radical (unpaired) electrons. The molecule has 9 nitrogen and oxygen atoms in total. The summed E-state index contributed by atoms with van der Waals surface area (Å²) in [5, 5.41) is 11.1. The average molecular weight is 526 g/mol. The van der Waals surface area contributed by atoms with E-state index in [1.807, 2.05) is 42.5 Å². The summed E-state index contributed by atoms with van der Waals surface area (Å²) in [5.41, 5.74) is 9.45. The first kappa shape index (κ1) is 26.0. The summed E-state index contributed by atoms with van der Waals surface area (Å²) in [5.74, 6) is 0. The number of aromatic nitrogens is 2. The zero-order valence-corrected chi connectivity index (χ0v) is 20.8. The maximum absolute atomic E-state index is 12.7. The number of rotatable bonds is 6. The van der Waals surface area contributed by atoms with Gasteiger partial charge in [0.15, 0.2) is 4.90 Å². The normalized spacial score (nSPS) is 10.6. The average Bonchev–Trinajstić information content (AvgIpc) is 2.95. The van der Waals surface area contributed by atoms with Crippen LogP contribution in [0.25, 0.3) is 22.5 Å². The van der Waals surface area contributed by atoms with Crippen LogP contribution in [-0.4, -0.2) is 23.3 Å². The lowest BCUT2D eigenvalue weighted by Crippen LogP contribution is -2.15. The number of sulfonamides is 1. The number of nitrogens with one attached hydrogen (secondary N) is 1. The number of hydrogen-bond acceptors (Lipinski definition) is 7. The molecule has 2 heterocycles. The molecule has 0 saturated heterocycles. The Hall–Kier alpha value is -5.09. The van der Waals surface area contributed by atoms with Crippen LogP contribution in [0.5, 0.6) is 0 Å². The lowest BCUT2D eigenvalue weighted by Gasteiger charge is -2.12. The van der Waals surface area contributed by atoms with Crippen molar-refractivity contribution in [2.24, 2.45) is 0 Å². The second kappa shape index (κ2) is 11.8. The number of nitrogens with two attached hydrogens (primary N) is 1. The van der Waals surface area contributed by atoms with Gasteiger partial charge in [-0.3, -0.25) is 24.8 Å². The fourth-order valence-electron chi connectivity index (χ4n) is 3.60. The van der Waals surface area contributed by atoms with Crippen molar-refractivity contribution in [1.82, 2.24) is 9.97 Å². The number of para-hydroxylation sites is 3. The van der Waals surface area contributed by atoms with Crippen LogP contribution >= 0.6 is 0 Å². The maximum Gasteiger partial charge on any atom is 0.289 e. The molecule has 3 aromatic carbocycles. The van der Waals surface area contributed by atoms with Gasteiger partial charge >= 0.3 is 0 Å². The summed E-state index contributed by atoms with van der Waals surface area (Å²) in [7, 11) is -4.14. The number of benzene rings is 3. The van der Waals surface area contributed by atoms with E-state index in [0.717, 1.165) is 23.0 Å². The van der Waals surface area contributed by atoms with Crippen molar-refractivity contribution in [3.8, 4) is 22.5 Å². The van der Waals surface area contributed by atoms with E-state index < -0.39 is 25.5 Å². The third-order valence-electron chi connectivity index (χ3n) is 5.37. The topological polar surface area (TPSA) is 141 Å². The van der Waals surface area contributed by atoms with Gasteiger partial charge in [-0.1, -0.05) is 60.7 Å². The molecule has 0 amide bonds. The van der Waals surface area contributed by atoms with Gasteiger partial charge in [0.25, 0.3) is 15.7 Å². The molecule has 0 spiro atoms. The minimum Gasteiger partial charge on any atom is -0.398 e. The van der Waals surface area contributed by atoms with Crippen LogP contribution in [0.1, 0.15) is 0 Å². The zero-order chi connectivity index (χ0) is 27.0. The summed E-state index contributed by atoms with van der Waals surface area (Å²) in [4.78, 5) is 18.4. The molecule has 5 aromatic rings. The Morgan fingerprint density at radius 3 is 1.82 bits per heavy atom. The number of nitro groups is 1. The molecule has 0 atom stereocenters. The minimum absolute atomic E-state index is 0.291. The van der Waals surface area contributed by atoms with E-state index in [1.54, 1.807) is 54.9 Å². The summed E-state index contributed by atoms with van der Waals surface area (Å²) < 4.78 is 27.8. The Labute approximate surface area is 219 Å². The van der Waals surface area contributed by atoms with Crippen LogP contribution in [0.3, 0.4) is 0 Å². The van der Waals surface area contributed by atoms with Gasteiger partial charge in [0, 0.05) is 35.3 Å². The Morgan fingerprint density at radius 1 is 0.684 bits per heavy atom. The van der Waals surface area contributed by atoms with Crippen LogP contribution in [0.2, 0.25) is 0 Å². The van der Waals surface area contributed by atoms with Crippen LogP contribution in [0, 0.1) is 10.1 Å². The van der Waals surface area contributed by atoms with Gasteiger partial charge in [0.05, 0.1) is 22.0 Å². The number of nitrogen functional groups attached to an aromatic ring is 1. The second-order valence-corrected chi connectivity index (χ2v) is 9.54. The third kappa shape index (κ3) is 6.18. The standard InChI is InChI=1S/C17H13N3O4S.C11H10N2/c21-20(22)16-10-3-4-11-17(16)25(23,24)19-15-9-2-1-7-13(15)14-8-5-6-12-18-14;12-10-6-2-1-5-9(10)11-7-3-4-8-13-11/h1-12,19H;1-8H,12H2. The van der Waals surface area contributed by atoms with Gasteiger partial charge in [-0.25, -0.2) is 8.42 Å². The summed E-state index contributed by atoms with van der Waals surface area (Å²) in [6, 6.07) is 30.7. The van der Waals surface area contributed by atoms with Crippen molar-refractivity contribution < 1.29 is 13.3 Å². The summed E-state index contributed by atoms with van der Waals surface area (Å²) in [6.07, 6.45) is 3.37. The molecular weight excluding hydrogens is 502 g/mol. The van der Waals surface area contributed by atoms with Gasteiger partial charge in [-0.05, 0) is 42.5 Å². The molecule has 0 unspecified atom stereocenters. The second-order valence-electron chi connectivity index (χ2n) is 7.89. The Kier molecular flexibility index (Phi) is 8.04. The van der Waals surface area contributed by atoms with E-state index in [4.69, 9.17) is 5.73 Å². The molecule has 0 aliphatic heterocycles. The van der Waals surface area contributed by atoms with E-state index >= 15 is 0 Å². The molecule has 0 saturated carbocycles. The number of nitro benzene ring substituents is 1. The lowest BCUT2D eigenvalue weighted by atomic mass is 10.1. The van der Waals surface area contributed by atoms with Crippen LogP contribution in [0.4, 0.5) is 17.1 Å². The van der Waals surface area contributed by atoms with Gasteiger partial charge < -0.3 is 5.73 Å². The maximum atomic E-state index is 12.7. The first-order chi connectivity index (χ1) is 18.4. The highest BCUT2D eigenvalue weighted by molar-refractivity contribution is 7.92. The quantitative estimate of drug-likeness (QED) is 0.162. The van der Waals surface area contributed by atoms with E-state index in [2.05, 4.69) is 14.7 Å². The van der Waals surface area contributed by atoms with Crippen molar-refractivity contribution >= 4 is 27.1 Å². The highest BCUT2D eigenvalue weighted by atomic mass is 32.2. The van der Waals surface area contributed by atoms with E-state index in [1.165, 1.54) is 18.2 Å². The molecule has 190 valence electrons. The Balaban J connectivity index is 0.000000216. The van der Waals surface area contributed by atoms with Crippen molar-refractivity contribution in [2.75, 3.05) is 10.5 Å². The van der Waals surface area contributed by atoms with Crippen molar-refractivity contribution in [3.63, 3.8) is 0 Å². The van der Waals surface area contributed by atoms with Crippen molar-refractivity contribution in [2.45, 2.75) is 4.90 Å². The predicted octanol–water partition coefficient (Wildman–Crippen LogP) is 5.79. The molecule has 0 aliphatic rings. The smallest absolute Gasteiger partial charge is 0.289 e. The molecule has 38 heavy (non-hydrogen) atoms. The monoisotopic (exact) mass is 525 g/mol. The van der Waals surface area contributed by atoms with Gasteiger partial charge in [-0.2, -0.15) is 0 Å². The molecule has 5 rings (SSSR count). The molecule has 0 aliphatic carbocycles. The van der Waals surface area contributed by atoms with Crippen LogP contribution in [-0.2, 0) is 10.0 Å². The highest BCUT2D eigenvalue weighted by Gasteiger charge is 2.26. The Bertz CT molecular complexity index is 1650. The number of pyridine rings is 2. The van der Waals surface area contributed by atoms with Crippen LogP contribution in [0.15, 0.2) is 126 Å². The Morgan fingerprint density at radius 2 is 1.21 bits per heavy atom. The number of hydrogen-bond donors (Lipinski definition) is 2. The fraction of sp³-hybridized carbons (Fsp3) is 0. The molecule has 10 heteroatoms. The van der Waals surface area contributed by atoms with Crippen LogP contribution < -0.4 is 10.5 Å². The molecule has 0 bridgehead atoms. The first-order valence-corrected chi connectivity index (χ1v) is 12.9. The van der Waals surface area contributed by atoms with Gasteiger partial charge in [-0.15, -0.1) is 0 Å². The SMILES string of the molecule is Nc1ccccc1-c1ccccn1.O=[N+]([O-])c1ccccc1S(=O)(=O)Nc1ccccc1-c1ccccn1. The molecule has 0 fully saturated rings. The van der Waals surface area contributed by atoms with E-state index in [9.17, 15) is 18.5 Å². The molecule has 2 aromatic heterocycles. The summed E-state index contributed by atoms with van der Waals surface area (Å²) in [6.45, 7) is 0. The van der Waals surface area contributed by atoms with Gasteiger partial charge in [0.2, 0.25) is 0 Å². The fourth-order valence-corrected chi connectivity index (χ4v) is 4.86. The predicted molar refractivity (Wildman–Crippen MR) is 148 cm³/mol. The van der Waals surface area contributed by atoms with Crippen molar-refractivity contribution in [3.05, 3.63) is 132 Å². The molecular formula is C28H23N5O4S. The first-order valence-electron chi connectivity index (χ1n) is 11.4. The zero-order valence-electron chi connectivity index (χ0n) is 20.0. The molecule has 3 N–H and O–H groups in total. The van der Waals surface area contributed by atoms with E-state index in [-0.39, 0.29) is 0 Å². The summed E-state index contributed by atoms with van der Waals surface area (Å²) >= 11 is 0.